The second-order valence-corrected chi connectivity index (χ2v) is 4.08. The Bertz CT molecular complexity index is 220. The van der Waals surface area contributed by atoms with Crippen LogP contribution >= 0.6 is 11.8 Å². The fourth-order valence-electron chi connectivity index (χ4n) is 1.15. The average molecular weight is 202 g/mol. The molecule has 0 radical (unpaired) electrons. The predicted octanol–water partition coefficient (Wildman–Crippen LogP) is -0.257. The zero-order valence-electron chi connectivity index (χ0n) is 7.79. The number of amides is 1. The lowest BCUT2D eigenvalue weighted by molar-refractivity contribution is -0.122. The van der Waals surface area contributed by atoms with E-state index in [-0.39, 0.29) is 23.1 Å². The molecule has 1 saturated heterocycles. The summed E-state index contributed by atoms with van der Waals surface area (Å²) in [5.41, 5.74) is 0. The second-order valence-electron chi connectivity index (χ2n) is 2.94. The van der Waals surface area contributed by atoms with Crippen molar-refractivity contribution in [2.75, 3.05) is 12.3 Å². The Balaban J connectivity index is 2.40. The first-order chi connectivity index (χ1) is 6.15. The molecule has 0 aromatic heterocycles. The fraction of sp³-hybridized carbons (Fsp3) is 0.750. The molecule has 0 bridgehead atoms. The maximum Gasteiger partial charge on any atom is 0.238 e. The molecule has 1 rings (SSSR count). The number of Topliss-reactive ketones (excluding diaryl/α,β-unsaturated/α-hetero) is 1. The number of hydrogen-bond acceptors (Lipinski definition) is 4. The van der Waals surface area contributed by atoms with E-state index < -0.39 is 0 Å². The Morgan fingerprint density at radius 1 is 1.62 bits per heavy atom. The first-order valence-electron chi connectivity index (χ1n) is 4.31. The van der Waals surface area contributed by atoms with Gasteiger partial charge in [0.1, 0.15) is 5.37 Å². The summed E-state index contributed by atoms with van der Waals surface area (Å²) in [4.78, 5) is 22.3. The van der Waals surface area contributed by atoms with Crippen LogP contribution in [0, 0.1) is 0 Å². The first-order valence-corrected chi connectivity index (χ1v) is 5.35. The minimum absolute atomic E-state index is 0.0150. The van der Waals surface area contributed by atoms with E-state index in [0.29, 0.717) is 12.3 Å². The van der Waals surface area contributed by atoms with E-state index in [1.165, 1.54) is 18.7 Å². The van der Waals surface area contributed by atoms with Crippen LogP contribution in [0.15, 0.2) is 0 Å². The summed E-state index contributed by atoms with van der Waals surface area (Å²) in [7, 11) is 0. The van der Waals surface area contributed by atoms with Gasteiger partial charge in [0, 0.05) is 12.3 Å². The minimum Gasteiger partial charge on any atom is -0.355 e. The van der Waals surface area contributed by atoms with Gasteiger partial charge in [0.2, 0.25) is 5.91 Å². The number of carbonyl (C=O) groups is 2. The van der Waals surface area contributed by atoms with Gasteiger partial charge in [0.25, 0.3) is 0 Å². The van der Waals surface area contributed by atoms with Crippen molar-refractivity contribution in [3.8, 4) is 0 Å². The molecule has 13 heavy (non-hydrogen) atoms. The summed E-state index contributed by atoms with van der Waals surface area (Å²) >= 11 is 1.49. The van der Waals surface area contributed by atoms with Gasteiger partial charge in [-0.25, -0.2) is 0 Å². The van der Waals surface area contributed by atoms with Crippen LogP contribution < -0.4 is 10.6 Å². The smallest absolute Gasteiger partial charge is 0.238 e. The van der Waals surface area contributed by atoms with Gasteiger partial charge in [-0.3, -0.25) is 14.9 Å². The molecule has 1 aliphatic heterocycles. The fourth-order valence-corrected chi connectivity index (χ4v) is 2.28. The van der Waals surface area contributed by atoms with Crippen molar-refractivity contribution in [3.05, 3.63) is 0 Å². The predicted molar refractivity (Wildman–Crippen MR) is 52.5 cm³/mol. The lowest BCUT2D eigenvalue weighted by Gasteiger charge is -2.10. The third-order valence-corrected chi connectivity index (χ3v) is 3.15. The zero-order valence-corrected chi connectivity index (χ0v) is 8.61. The number of carbonyl (C=O) groups excluding carboxylic acids is 2. The zero-order chi connectivity index (χ0) is 9.84. The van der Waals surface area contributed by atoms with Crippen LogP contribution in [0.25, 0.3) is 0 Å². The Labute approximate surface area is 81.8 Å². The van der Waals surface area contributed by atoms with Crippen LogP contribution in [0.5, 0.6) is 0 Å². The summed E-state index contributed by atoms with van der Waals surface area (Å²) in [6, 6.07) is -0.209. The summed E-state index contributed by atoms with van der Waals surface area (Å²) in [6.45, 7) is 4.04. The Kier molecular flexibility index (Phi) is 3.74. The van der Waals surface area contributed by atoms with E-state index in [1.54, 1.807) is 0 Å². The molecule has 2 atom stereocenters. The maximum absolute atomic E-state index is 11.3. The molecular formula is C8H14N2O2S. The SMILES string of the molecule is CCNC(=O)C1CSC(C(C)=O)N1. The molecule has 1 aliphatic rings. The Morgan fingerprint density at radius 2 is 2.31 bits per heavy atom. The van der Waals surface area contributed by atoms with Crippen LogP contribution in [0.4, 0.5) is 0 Å². The molecule has 4 nitrogen and oxygen atoms in total. The van der Waals surface area contributed by atoms with Gasteiger partial charge >= 0.3 is 0 Å². The topological polar surface area (TPSA) is 58.2 Å². The minimum atomic E-state index is -0.209. The molecule has 0 aromatic carbocycles. The molecule has 0 aromatic rings. The molecule has 1 fully saturated rings. The summed E-state index contributed by atoms with van der Waals surface area (Å²) in [6.07, 6.45) is 0. The van der Waals surface area contributed by atoms with Crippen molar-refractivity contribution >= 4 is 23.5 Å². The molecule has 1 heterocycles. The highest BCUT2D eigenvalue weighted by atomic mass is 32.2. The van der Waals surface area contributed by atoms with Crippen molar-refractivity contribution in [2.45, 2.75) is 25.3 Å². The molecule has 0 spiro atoms. The van der Waals surface area contributed by atoms with Gasteiger partial charge in [-0.05, 0) is 13.8 Å². The quantitative estimate of drug-likeness (QED) is 0.662. The number of hydrogen-bond donors (Lipinski definition) is 2. The van der Waals surface area contributed by atoms with E-state index >= 15 is 0 Å². The van der Waals surface area contributed by atoms with E-state index in [0.717, 1.165) is 0 Å². The van der Waals surface area contributed by atoms with Gasteiger partial charge in [-0.1, -0.05) is 0 Å². The van der Waals surface area contributed by atoms with Crippen LogP contribution in [0.2, 0.25) is 0 Å². The molecule has 2 N–H and O–H groups in total. The highest BCUT2D eigenvalue weighted by Crippen LogP contribution is 2.19. The molecular weight excluding hydrogens is 188 g/mol. The number of ketones is 1. The lowest BCUT2D eigenvalue weighted by Crippen LogP contribution is -2.45. The van der Waals surface area contributed by atoms with Crippen molar-refractivity contribution in [1.29, 1.82) is 0 Å². The van der Waals surface area contributed by atoms with Gasteiger partial charge < -0.3 is 5.32 Å². The van der Waals surface area contributed by atoms with Gasteiger partial charge in [0.15, 0.2) is 5.78 Å². The lowest BCUT2D eigenvalue weighted by atomic mass is 10.3. The van der Waals surface area contributed by atoms with Crippen molar-refractivity contribution in [2.24, 2.45) is 0 Å². The normalized spacial score (nSPS) is 27.2. The van der Waals surface area contributed by atoms with E-state index in [9.17, 15) is 9.59 Å². The molecule has 1 amide bonds. The third kappa shape index (κ3) is 2.70. The number of likely N-dealkylation sites (N-methyl/N-ethyl adjacent to an activating group) is 1. The Morgan fingerprint density at radius 3 is 2.77 bits per heavy atom. The van der Waals surface area contributed by atoms with Crippen LogP contribution in [-0.4, -0.2) is 35.4 Å². The van der Waals surface area contributed by atoms with Crippen molar-refractivity contribution in [1.82, 2.24) is 10.6 Å². The van der Waals surface area contributed by atoms with E-state index in [1.807, 2.05) is 6.92 Å². The second kappa shape index (κ2) is 4.62. The molecule has 5 heteroatoms. The van der Waals surface area contributed by atoms with Crippen LogP contribution in [0.3, 0.4) is 0 Å². The van der Waals surface area contributed by atoms with Gasteiger partial charge in [-0.15, -0.1) is 11.8 Å². The highest BCUT2D eigenvalue weighted by Gasteiger charge is 2.31. The highest BCUT2D eigenvalue weighted by molar-refractivity contribution is 8.00. The van der Waals surface area contributed by atoms with Crippen molar-refractivity contribution in [3.63, 3.8) is 0 Å². The summed E-state index contributed by atoms with van der Waals surface area (Å²) < 4.78 is 0. The molecule has 0 saturated carbocycles. The summed E-state index contributed by atoms with van der Waals surface area (Å²) in [5.74, 6) is 0.742. The molecule has 0 aliphatic carbocycles. The molecule has 74 valence electrons. The van der Waals surface area contributed by atoms with Crippen LogP contribution in [-0.2, 0) is 9.59 Å². The van der Waals surface area contributed by atoms with E-state index in [2.05, 4.69) is 10.6 Å². The largest absolute Gasteiger partial charge is 0.355 e. The van der Waals surface area contributed by atoms with Gasteiger partial charge in [0.05, 0.1) is 6.04 Å². The average Bonchev–Trinajstić information content (AvgIpc) is 2.52. The first kappa shape index (κ1) is 10.5. The standard InChI is InChI=1S/C8H14N2O2S/c1-3-9-7(12)6-4-13-8(10-6)5(2)11/h6,8,10H,3-4H2,1-2H3,(H,9,12). The maximum atomic E-state index is 11.3. The monoisotopic (exact) mass is 202 g/mol. The van der Waals surface area contributed by atoms with Crippen molar-refractivity contribution < 1.29 is 9.59 Å². The third-order valence-electron chi connectivity index (χ3n) is 1.82. The molecule has 2 unspecified atom stereocenters. The van der Waals surface area contributed by atoms with Gasteiger partial charge in [-0.2, -0.15) is 0 Å². The number of thioether (sulfide) groups is 1. The van der Waals surface area contributed by atoms with Crippen LogP contribution in [0.1, 0.15) is 13.8 Å². The summed E-state index contributed by atoms with van der Waals surface area (Å²) in [5, 5.41) is 5.50. The number of rotatable bonds is 3. The Hall–Kier alpha value is -0.550. The number of nitrogens with one attached hydrogen (secondary N) is 2. The van der Waals surface area contributed by atoms with E-state index in [4.69, 9.17) is 0 Å².